The Balaban J connectivity index is 1.44. The number of hydrogen-bond acceptors (Lipinski definition) is 5. The van der Waals surface area contributed by atoms with Crippen LogP contribution >= 0.6 is 0 Å². The summed E-state index contributed by atoms with van der Waals surface area (Å²) in [6.45, 7) is 6.37. The van der Waals surface area contributed by atoms with E-state index in [2.05, 4.69) is 40.6 Å². The van der Waals surface area contributed by atoms with Crippen LogP contribution in [-0.4, -0.2) is 47.5 Å². The van der Waals surface area contributed by atoms with E-state index in [4.69, 9.17) is 5.73 Å². The number of allylic oxidation sites excluding steroid dienone is 1. The summed E-state index contributed by atoms with van der Waals surface area (Å²) in [6.07, 6.45) is 1.92. The van der Waals surface area contributed by atoms with Crippen LogP contribution in [0.1, 0.15) is 22.3 Å². The molecule has 0 radical (unpaired) electrons. The molecule has 0 saturated carbocycles. The maximum Gasteiger partial charge on any atom is 0.212 e. The van der Waals surface area contributed by atoms with Crippen molar-refractivity contribution in [1.82, 2.24) is 4.90 Å². The van der Waals surface area contributed by atoms with Gasteiger partial charge < -0.3 is 20.6 Å². The van der Waals surface area contributed by atoms with Crippen LogP contribution in [0.3, 0.4) is 0 Å². The van der Waals surface area contributed by atoms with Crippen molar-refractivity contribution in [1.29, 1.82) is 0 Å². The molecule has 4 rings (SSSR count). The van der Waals surface area contributed by atoms with Gasteiger partial charge in [0.25, 0.3) is 0 Å². The second-order valence-electron chi connectivity index (χ2n) is 7.35. The number of carbonyl (C=O) groups excluding carboxylic acids is 1. The fourth-order valence-electron chi connectivity index (χ4n) is 4.29. The number of aromatic hydroxyl groups is 1. The van der Waals surface area contributed by atoms with Crippen LogP contribution in [0.5, 0.6) is 5.75 Å². The molecule has 1 unspecified atom stereocenters. The van der Waals surface area contributed by atoms with Gasteiger partial charge in [0.2, 0.25) is 5.78 Å². The Morgan fingerprint density at radius 1 is 1.11 bits per heavy atom. The van der Waals surface area contributed by atoms with E-state index in [0.29, 0.717) is 23.8 Å². The SMILES string of the molecule is C=C(C(=O)c1ccccc1O)N1CC2C[C@H]1CN2c1ccc(CCN)cc1. The van der Waals surface area contributed by atoms with Crippen molar-refractivity contribution in [3.8, 4) is 5.75 Å². The van der Waals surface area contributed by atoms with Gasteiger partial charge in [-0.25, -0.2) is 0 Å². The molecular weight excluding hydrogens is 338 g/mol. The molecule has 5 nitrogen and oxygen atoms in total. The number of piperazine rings is 1. The maximum atomic E-state index is 12.8. The summed E-state index contributed by atoms with van der Waals surface area (Å²) in [5.74, 6) is -0.189. The first-order valence-electron chi connectivity index (χ1n) is 9.42. The Morgan fingerprint density at radius 2 is 1.85 bits per heavy atom. The summed E-state index contributed by atoms with van der Waals surface area (Å²) in [7, 11) is 0. The molecule has 2 aromatic rings. The fraction of sp³-hybridized carbons (Fsp3) is 0.318. The third-order valence-electron chi connectivity index (χ3n) is 5.70. The van der Waals surface area contributed by atoms with Gasteiger partial charge in [-0.15, -0.1) is 0 Å². The Kier molecular flexibility index (Phi) is 4.62. The van der Waals surface area contributed by atoms with E-state index in [0.717, 1.165) is 25.9 Å². The quantitative estimate of drug-likeness (QED) is 0.610. The molecule has 0 aliphatic carbocycles. The number of phenols is 1. The van der Waals surface area contributed by atoms with Gasteiger partial charge in [0.15, 0.2) is 0 Å². The molecule has 27 heavy (non-hydrogen) atoms. The number of nitrogens with two attached hydrogens (primary N) is 1. The first-order chi connectivity index (χ1) is 13.1. The highest BCUT2D eigenvalue weighted by Gasteiger charge is 2.44. The van der Waals surface area contributed by atoms with E-state index in [1.807, 2.05) is 0 Å². The van der Waals surface area contributed by atoms with Crippen molar-refractivity contribution in [2.45, 2.75) is 24.9 Å². The first kappa shape index (κ1) is 17.6. The minimum absolute atomic E-state index is 0.00667. The summed E-state index contributed by atoms with van der Waals surface area (Å²) in [5, 5.41) is 9.96. The lowest BCUT2D eigenvalue weighted by Crippen LogP contribution is -2.46. The average molecular weight is 363 g/mol. The highest BCUT2D eigenvalue weighted by molar-refractivity contribution is 6.09. The third kappa shape index (κ3) is 3.19. The molecule has 3 N–H and O–H groups in total. The van der Waals surface area contributed by atoms with Gasteiger partial charge in [-0.2, -0.15) is 0 Å². The van der Waals surface area contributed by atoms with Crippen LogP contribution in [0.25, 0.3) is 0 Å². The van der Waals surface area contributed by atoms with Crippen molar-refractivity contribution in [2.75, 3.05) is 24.5 Å². The average Bonchev–Trinajstić information content (AvgIpc) is 3.29. The van der Waals surface area contributed by atoms with Gasteiger partial charge >= 0.3 is 0 Å². The molecular formula is C22H25N3O2. The number of benzene rings is 2. The van der Waals surface area contributed by atoms with E-state index in [1.54, 1.807) is 18.2 Å². The van der Waals surface area contributed by atoms with Crippen molar-refractivity contribution in [3.63, 3.8) is 0 Å². The summed E-state index contributed by atoms with van der Waals surface area (Å²) >= 11 is 0. The number of rotatable bonds is 6. The second-order valence-corrected chi connectivity index (χ2v) is 7.35. The van der Waals surface area contributed by atoms with Gasteiger partial charge in [-0.05, 0) is 49.2 Å². The maximum absolute atomic E-state index is 12.8. The Labute approximate surface area is 159 Å². The number of para-hydroxylation sites is 1. The zero-order valence-corrected chi connectivity index (χ0v) is 15.3. The normalized spacial score (nSPS) is 20.9. The topological polar surface area (TPSA) is 69.8 Å². The molecule has 0 spiro atoms. The highest BCUT2D eigenvalue weighted by Crippen LogP contribution is 2.37. The van der Waals surface area contributed by atoms with Crippen LogP contribution in [0.15, 0.2) is 60.8 Å². The van der Waals surface area contributed by atoms with Crippen molar-refractivity contribution >= 4 is 11.5 Å². The van der Waals surface area contributed by atoms with Gasteiger partial charge in [0, 0.05) is 30.9 Å². The third-order valence-corrected chi connectivity index (χ3v) is 5.70. The molecule has 0 aromatic heterocycles. The van der Waals surface area contributed by atoms with E-state index >= 15 is 0 Å². The molecule has 2 saturated heterocycles. The number of hydrogen-bond donors (Lipinski definition) is 2. The van der Waals surface area contributed by atoms with Crippen molar-refractivity contribution < 1.29 is 9.90 Å². The van der Waals surface area contributed by atoms with Gasteiger partial charge in [-0.1, -0.05) is 30.8 Å². The summed E-state index contributed by atoms with van der Waals surface area (Å²) < 4.78 is 0. The lowest BCUT2D eigenvalue weighted by Gasteiger charge is -2.37. The molecule has 2 aromatic carbocycles. The minimum Gasteiger partial charge on any atom is -0.507 e. The number of nitrogens with zero attached hydrogens (tertiary/aromatic N) is 2. The van der Waals surface area contributed by atoms with Crippen LogP contribution in [0.2, 0.25) is 0 Å². The van der Waals surface area contributed by atoms with Crippen molar-refractivity contribution in [3.05, 3.63) is 71.9 Å². The van der Waals surface area contributed by atoms with Gasteiger partial charge in [0.05, 0.1) is 11.3 Å². The minimum atomic E-state index is -0.196. The molecule has 2 aliphatic rings. The number of phenolic OH excluding ortho intramolecular Hbond substituents is 1. The summed E-state index contributed by atoms with van der Waals surface area (Å²) in [6, 6.07) is 15.9. The number of anilines is 1. The Hall–Kier alpha value is -2.79. The summed E-state index contributed by atoms with van der Waals surface area (Å²) in [4.78, 5) is 17.3. The molecule has 2 bridgehead atoms. The van der Waals surface area contributed by atoms with Crippen LogP contribution in [-0.2, 0) is 6.42 Å². The van der Waals surface area contributed by atoms with E-state index < -0.39 is 0 Å². The number of carbonyl (C=O) groups is 1. The summed E-state index contributed by atoms with van der Waals surface area (Å²) in [5.41, 5.74) is 8.89. The molecule has 0 amide bonds. The molecule has 140 valence electrons. The second kappa shape index (κ2) is 7.08. The van der Waals surface area contributed by atoms with E-state index in [9.17, 15) is 9.90 Å². The molecule has 5 heteroatoms. The molecule has 2 heterocycles. The number of ketones is 1. The Bertz CT molecular complexity index is 862. The lowest BCUT2D eigenvalue weighted by atomic mass is 10.1. The lowest BCUT2D eigenvalue weighted by molar-refractivity contribution is 0.0982. The van der Waals surface area contributed by atoms with Crippen LogP contribution in [0.4, 0.5) is 5.69 Å². The predicted molar refractivity (Wildman–Crippen MR) is 107 cm³/mol. The smallest absolute Gasteiger partial charge is 0.212 e. The molecule has 2 fully saturated rings. The number of likely N-dealkylation sites (tertiary alicyclic amines) is 1. The van der Waals surface area contributed by atoms with E-state index in [-0.39, 0.29) is 17.6 Å². The molecule has 2 atom stereocenters. The molecule has 2 aliphatic heterocycles. The van der Waals surface area contributed by atoms with Gasteiger partial charge in [-0.3, -0.25) is 4.79 Å². The highest BCUT2D eigenvalue weighted by atomic mass is 16.3. The number of fused-ring (bicyclic) bond motifs is 2. The number of Topliss-reactive ketones (excluding diaryl/α,β-unsaturated/α-hetero) is 1. The van der Waals surface area contributed by atoms with E-state index in [1.165, 1.54) is 17.3 Å². The van der Waals surface area contributed by atoms with Crippen LogP contribution < -0.4 is 10.6 Å². The van der Waals surface area contributed by atoms with Crippen molar-refractivity contribution in [2.24, 2.45) is 5.73 Å². The van der Waals surface area contributed by atoms with Crippen LogP contribution in [0, 0.1) is 0 Å². The zero-order valence-electron chi connectivity index (χ0n) is 15.3. The monoisotopic (exact) mass is 363 g/mol. The van der Waals surface area contributed by atoms with Gasteiger partial charge in [0.1, 0.15) is 5.75 Å². The zero-order chi connectivity index (χ0) is 19.0. The largest absolute Gasteiger partial charge is 0.507 e. The predicted octanol–water partition coefficient (Wildman–Crippen LogP) is 2.55. The fourth-order valence-corrected chi connectivity index (χ4v) is 4.29. The standard InChI is InChI=1S/C22H25N3O2/c1-15(22(27)20-4-2-3-5-21(20)26)24-13-19-12-18(24)14-25(19)17-8-6-16(7-9-17)10-11-23/h2-9,18-19,26H,1,10-14,23H2/t18-,19?/m0/s1. The first-order valence-corrected chi connectivity index (χ1v) is 9.42. The Morgan fingerprint density at radius 3 is 2.48 bits per heavy atom.